The third-order valence-corrected chi connectivity index (χ3v) is 6.20. The number of rotatable bonds is 7. The lowest BCUT2D eigenvalue weighted by molar-refractivity contribution is -0.121. The lowest BCUT2D eigenvalue weighted by atomic mass is 10.0. The van der Waals surface area contributed by atoms with Gasteiger partial charge in [0.15, 0.2) is 0 Å². The minimum absolute atomic E-state index is 0.0457. The average molecular weight is 368 g/mol. The number of unbranched alkanes of at least 4 members (excludes halogenated alkanes) is 1. The fraction of sp³-hybridized carbons (Fsp3) is 0.529. The Balaban J connectivity index is 1.30. The highest BCUT2D eigenvalue weighted by Gasteiger charge is 2.42. The van der Waals surface area contributed by atoms with Gasteiger partial charge in [-0.15, -0.1) is 0 Å². The highest BCUT2D eigenvalue weighted by atomic mass is 35.5. The van der Waals surface area contributed by atoms with E-state index in [1.165, 1.54) is 0 Å². The minimum atomic E-state index is -0.0457. The summed E-state index contributed by atoms with van der Waals surface area (Å²) in [5.41, 5.74) is 1.01. The summed E-state index contributed by atoms with van der Waals surface area (Å²) in [6, 6.07) is 7.99. The number of carbonyl (C=O) groups is 2. The molecule has 3 N–H and O–H groups in total. The van der Waals surface area contributed by atoms with Crippen LogP contribution in [-0.2, 0) is 11.3 Å². The molecule has 130 valence electrons. The van der Waals surface area contributed by atoms with E-state index in [9.17, 15) is 9.59 Å². The van der Waals surface area contributed by atoms with Crippen LogP contribution in [0.5, 0.6) is 0 Å². The average Bonchev–Trinajstić information content (AvgIpc) is 3.09. The Morgan fingerprint density at radius 1 is 1.33 bits per heavy atom. The zero-order chi connectivity index (χ0) is 16.9. The molecule has 1 aromatic carbocycles. The van der Waals surface area contributed by atoms with Crippen LogP contribution in [0.1, 0.15) is 31.2 Å². The molecule has 0 aliphatic carbocycles. The largest absolute Gasteiger partial charge is 0.352 e. The lowest BCUT2D eigenvalue weighted by Gasteiger charge is -2.16. The van der Waals surface area contributed by atoms with Crippen molar-refractivity contribution in [2.45, 2.75) is 49.6 Å². The molecule has 3 amide bonds. The number of halogens is 1. The lowest BCUT2D eigenvalue weighted by Crippen LogP contribution is -2.36. The van der Waals surface area contributed by atoms with Gasteiger partial charge < -0.3 is 16.0 Å². The molecule has 5 nitrogen and oxygen atoms in total. The van der Waals surface area contributed by atoms with Crippen molar-refractivity contribution in [1.29, 1.82) is 0 Å². The molecular formula is C17H22ClN3O2S. The zero-order valence-corrected chi connectivity index (χ0v) is 15.0. The Kier molecular flexibility index (Phi) is 5.89. The molecule has 2 aliphatic rings. The normalized spacial score (nSPS) is 25.0. The number of fused-ring (bicyclic) bond motifs is 1. The van der Waals surface area contributed by atoms with Crippen molar-refractivity contribution in [3.63, 3.8) is 0 Å². The van der Waals surface area contributed by atoms with Crippen molar-refractivity contribution in [1.82, 2.24) is 16.0 Å². The molecule has 3 unspecified atom stereocenters. The molecule has 3 rings (SSSR count). The molecule has 0 aromatic heterocycles. The van der Waals surface area contributed by atoms with Gasteiger partial charge in [-0.2, -0.15) is 11.8 Å². The quantitative estimate of drug-likeness (QED) is 0.512. The monoisotopic (exact) mass is 367 g/mol. The number of urea groups is 1. The third-order valence-electron chi connectivity index (χ3n) is 4.46. The van der Waals surface area contributed by atoms with E-state index in [1.807, 2.05) is 36.0 Å². The molecule has 0 bridgehead atoms. The summed E-state index contributed by atoms with van der Waals surface area (Å²) in [5, 5.41) is 10.0. The first-order chi connectivity index (χ1) is 11.6. The van der Waals surface area contributed by atoms with Crippen molar-refractivity contribution in [2.75, 3.05) is 5.75 Å². The van der Waals surface area contributed by atoms with Crippen LogP contribution >= 0.6 is 23.4 Å². The molecule has 2 aliphatic heterocycles. The van der Waals surface area contributed by atoms with E-state index in [2.05, 4.69) is 16.0 Å². The molecule has 2 heterocycles. The highest BCUT2D eigenvalue weighted by molar-refractivity contribution is 8.00. The number of hydrogen-bond donors (Lipinski definition) is 3. The smallest absolute Gasteiger partial charge is 0.315 e. The maximum Gasteiger partial charge on any atom is 0.315 e. The predicted molar refractivity (Wildman–Crippen MR) is 97.3 cm³/mol. The summed E-state index contributed by atoms with van der Waals surface area (Å²) in [6.45, 7) is 0.513. The van der Waals surface area contributed by atoms with E-state index in [-0.39, 0.29) is 24.0 Å². The van der Waals surface area contributed by atoms with E-state index >= 15 is 0 Å². The van der Waals surface area contributed by atoms with Crippen LogP contribution in [0.3, 0.4) is 0 Å². The highest BCUT2D eigenvalue weighted by Crippen LogP contribution is 2.33. The number of nitrogens with one attached hydrogen (secondary N) is 3. The standard InChI is InChI=1S/C17H22ClN3O2S/c18-12-5-3-4-11(8-12)9-19-15(22)7-2-1-6-14-16-13(10-24-14)20-17(23)21-16/h3-5,8,13-14,16H,1-2,6-7,9-10H2,(H,19,22)(H2,20,21,23). The molecule has 0 radical (unpaired) electrons. The summed E-state index contributed by atoms with van der Waals surface area (Å²) < 4.78 is 0. The molecule has 2 fully saturated rings. The topological polar surface area (TPSA) is 70.2 Å². The summed E-state index contributed by atoms with van der Waals surface area (Å²) in [5.74, 6) is 1.05. The van der Waals surface area contributed by atoms with Crippen LogP contribution in [0.2, 0.25) is 5.02 Å². The van der Waals surface area contributed by atoms with Crippen molar-refractivity contribution in [2.24, 2.45) is 0 Å². The SMILES string of the molecule is O=C(CCCCC1SCC2NC(=O)NC21)NCc1cccc(Cl)c1. The summed E-state index contributed by atoms with van der Waals surface area (Å²) >= 11 is 7.84. The summed E-state index contributed by atoms with van der Waals surface area (Å²) in [6.07, 6.45) is 3.45. The number of carbonyl (C=O) groups excluding carboxylic acids is 2. The maximum atomic E-state index is 11.9. The molecule has 24 heavy (non-hydrogen) atoms. The first-order valence-corrected chi connectivity index (χ1v) is 9.74. The minimum Gasteiger partial charge on any atom is -0.352 e. The Morgan fingerprint density at radius 2 is 2.21 bits per heavy atom. The van der Waals surface area contributed by atoms with E-state index in [0.29, 0.717) is 23.2 Å². The second-order valence-electron chi connectivity index (χ2n) is 6.27. The summed E-state index contributed by atoms with van der Waals surface area (Å²) in [7, 11) is 0. The van der Waals surface area contributed by atoms with Crippen LogP contribution in [0.25, 0.3) is 0 Å². The Labute approximate surface area is 151 Å². The van der Waals surface area contributed by atoms with Gasteiger partial charge in [0.2, 0.25) is 5.91 Å². The fourth-order valence-corrected chi connectivity index (χ4v) is 4.97. The Hall–Kier alpha value is -1.40. The number of thioether (sulfide) groups is 1. The van der Waals surface area contributed by atoms with E-state index in [4.69, 9.17) is 11.6 Å². The van der Waals surface area contributed by atoms with Crippen LogP contribution < -0.4 is 16.0 Å². The van der Waals surface area contributed by atoms with Gasteiger partial charge in [-0.05, 0) is 30.5 Å². The summed E-state index contributed by atoms with van der Waals surface area (Å²) in [4.78, 5) is 23.2. The maximum absolute atomic E-state index is 11.9. The molecular weight excluding hydrogens is 346 g/mol. The molecule has 0 spiro atoms. The van der Waals surface area contributed by atoms with Crippen molar-refractivity contribution >= 4 is 35.3 Å². The first kappa shape index (κ1) is 17.4. The Morgan fingerprint density at radius 3 is 3.04 bits per heavy atom. The fourth-order valence-electron chi connectivity index (χ4n) is 3.21. The second-order valence-corrected chi connectivity index (χ2v) is 7.98. The van der Waals surface area contributed by atoms with Crippen molar-refractivity contribution in [3.8, 4) is 0 Å². The number of amides is 3. The molecule has 7 heteroatoms. The van der Waals surface area contributed by atoms with Gasteiger partial charge in [0.1, 0.15) is 0 Å². The molecule has 3 atom stereocenters. The number of hydrogen-bond acceptors (Lipinski definition) is 3. The van der Waals surface area contributed by atoms with Crippen molar-refractivity contribution < 1.29 is 9.59 Å². The van der Waals surface area contributed by atoms with Gasteiger partial charge in [0.25, 0.3) is 0 Å². The first-order valence-electron chi connectivity index (χ1n) is 8.31. The van der Waals surface area contributed by atoms with Crippen LogP contribution in [-0.4, -0.2) is 35.0 Å². The van der Waals surface area contributed by atoms with Gasteiger partial charge in [0, 0.05) is 29.0 Å². The predicted octanol–water partition coefficient (Wildman–Crippen LogP) is 2.68. The van der Waals surface area contributed by atoms with Crippen LogP contribution in [0.15, 0.2) is 24.3 Å². The van der Waals surface area contributed by atoms with E-state index in [0.717, 1.165) is 30.6 Å². The van der Waals surface area contributed by atoms with Crippen LogP contribution in [0, 0.1) is 0 Å². The van der Waals surface area contributed by atoms with Gasteiger partial charge in [-0.25, -0.2) is 4.79 Å². The van der Waals surface area contributed by atoms with Crippen LogP contribution in [0.4, 0.5) is 4.79 Å². The zero-order valence-electron chi connectivity index (χ0n) is 13.4. The van der Waals surface area contributed by atoms with Gasteiger partial charge in [-0.1, -0.05) is 30.2 Å². The molecule has 1 aromatic rings. The third kappa shape index (κ3) is 4.57. The van der Waals surface area contributed by atoms with Crippen molar-refractivity contribution in [3.05, 3.63) is 34.9 Å². The Bertz CT molecular complexity index is 613. The van der Waals surface area contributed by atoms with Gasteiger partial charge in [0.05, 0.1) is 12.1 Å². The number of benzene rings is 1. The molecule has 2 saturated heterocycles. The van der Waals surface area contributed by atoms with Gasteiger partial charge in [-0.3, -0.25) is 4.79 Å². The van der Waals surface area contributed by atoms with Gasteiger partial charge >= 0.3 is 6.03 Å². The molecule has 0 saturated carbocycles. The second kappa shape index (κ2) is 8.12. The van der Waals surface area contributed by atoms with E-state index < -0.39 is 0 Å². The van der Waals surface area contributed by atoms with E-state index in [1.54, 1.807) is 0 Å².